The Kier molecular flexibility index (Phi) is 3.93. The van der Waals surface area contributed by atoms with Crippen LogP contribution in [-0.4, -0.2) is 71.0 Å². The fourth-order valence-corrected chi connectivity index (χ4v) is 3.39. The van der Waals surface area contributed by atoms with Gasteiger partial charge in [-0.05, 0) is 24.3 Å². The van der Waals surface area contributed by atoms with Crippen molar-refractivity contribution < 1.29 is 9.18 Å². The lowest BCUT2D eigenvalue weighted by Crippen LogP contribution is -2.64. The number of carbonyl (C=O) groups excluding carboxylic acids is 1. The van der Waals surface area contributed by atoms with Crippen molar-refractivity contribution in [2.75, 3.05) is 44.2 Å². The summed E-state index contributed by atoms with van der Waals surface area (Å²) in [7, 11) is 0. The fraction of sp³-hybridized carbons (Fsp3) is 0.412. The van der Waals surface area contributed by atoms with Crippen LogP contribution in [0.4, 0.5) is 10.1 Å². The van der Waals surface area contributed by atoms with Crippen LogP contribution in [0.1, 0.15) is 10.5 Å². The highest BCUT2D eigenvalue weighted by Crippen LogP contribution is 2.21. The zero-order valence-electron chi connectivity index (χ0n) is 13.4. The number of hydrogen-bond acceptors (Lipinski definition) is 4. The lowest BCUT2D eigenvalue weighted by Gasteiger charge is -2.48. The molecule has 3 heterocycles. The summed E-state index contributed by atoms with van der Waals surface area (Å²) in [5.41, 5.74) is 1.62. The standard InChI is InChI=1S/C17H20FN5O/c18-13-1-3-14(4-2-13)21-5-7-22(8-6-21)15-10-23(11-15)17(24)16-9-19-12-20-16/h1-4,9,12,15H,5-8,10-11H2,(H,19,20). The maximum atomic E-state index is 13.0. The number of nitrogens with one attached hydrogen (secondary N) is 1. The molecule has 2 aromatic rings. The van der Waals surface area contributed by atoms with E-state index >= 15 is 0 Å². The fourth-order valence-electron chi connectivity index (χ4n) is 3.39. The van der Waals surface area contributed by atoms with Crippen LogP contribution in [0.5, 0.6) is 0 Å². The molecule has 2 saturated heterocycles. The van der Waals surface area contributed by atoms with Gasteiger partial charge < -0.3 is 14.8 Å². The molecule has 2 aliphatic heterocycles. The number of halogens is 1. The van der Waals surface area contributed by atoms with Crippen LogP contribution in [0.3, 0.4) is 0 Å². The van der Waals surface area contributed by atoms with Crippen molar-refractivity contribution in [3.8, 4) is 0 Å². The SMILES string of the molecule is O=C(c1cnc[nH]1)N1CC(N2CCN(c3ccc(F)cc3)CC2)C1. The van der Waals surface area contributed by atoms with Crippen molar-refractivity contribution >= 4 is 11.6 Å². The number of benzene rings is 1. The number of aromatic amines is 1. The average Bonchev–Trinajstić information content (AvgIpc) is 3.09. The maximum absolute atomic E-state index is 13.0. The molecule has 126 valence electrons. The first-order valence-corrected chi connectivity index (χ1v) is 8.23. The van der Waals surface area contributed by atoms with Crippen molar-refractivity contribution in [2.24, 2.45) is 0 Å². The van der Waals surface area contributed by atoms with Crippen LogP contribution >= 0.6 is 0 Å². The van der Waals surface area contributed by atoms with E-state index in [1.807, 2.05) is 17.0 Å². The summed E-state index contributed by atoms with van der Waals surface area (Å²) >= 11 is 0. The van der Waals surface area contributed by atoms with Crippen molar-refractivity contribution in [1.82, 2.24) is 19.8 Å². The van der Waals surface area contributed by atoms with E-state index in [0.717, 1.165) is 45.0 Å². The average molecular weight is 329 g/mol. The molecule has 1 aromatic heterocycles. The second kappa shape index (κ2) is 6.24. The van der Waals surface area contributed by atoms with E-state index in [0.29, 0.717) is 11.7 Å². The second-order valence-corrected chi connectivity index (χ2v) is 6.33. The lowest BCUT2D eigenvalue weighted by atomic mass is 10.1. The normalized spacial score (nSPS) is 19.4. The molecule has 0 radical (unpaired) electrons. The number of imidazole rings is 1. The summed E-state index contributed by atoms with van der Waals surface area (Å²) in [6, 6.07) is 7.12. The zero-order chi connectivity index (χ0) is 16.5. The van der Waals surface area contributed by atoms with Gasteiger partial charge in [0.05, 0.1) is 12.5 Å². The molecule has 6 nitrogen and oxygen atoms in total. The van der Waals surface area contributed by atoms with Gasteiger partial charge in [-0.25, -0.2) is 9.37 Å². The van der Waals surface area contributed by atoms with Gasteiger partial charge in [-0.15, -0.1) is 0 Å². The Labute approximate surface area is 139 Å². The number of amides is 1. The highest BCUT2D eigenvalue weighted by molar-refractivity contribution is 5.92. The van der Waals surface area contributed by atoms with Gasteiger partial charge in [0.1, 0.15) is 11.5 Å². The summed E-state index contributed by atoms with van der Waals surface area (Å²) in [6.07, 6.45) is 3.09. The van der Waals surface area contributed by atoms with Gasteiger partial charge in [-0.1, -0.05) is 0 Å². The maximum Gasteiger partial charge on any atom is 0.272 e. The van der Waals surface area contributed by atoms with Crippen molar-refractivity contribution in [2.45, 2.75) is 6.04 Å². The predicted molar refractivity (Wildman–Crippen MR) is 88.5 cm³/mol. The highest BCUT2D eigenvalue weighted by Gasteiger charge is 2.36. The molecule has 1 amide bonds. The van der Waals surface area contributed by atoms with Gasteiger partial charge in [0, 0.05) is 51.0 Å². The molecule has 7 heteroatoms. The molecule has 0 unspecified atom stereocenters. The van der Waals surface area contributed by atoms with Gasteiger partial charge in [-0.3, -0.25) is 9.69 Å². The second-order valence-electron chi connectivity index (χ2n) is 6.33. The van der Waals surface area contributed by atoms with Crippen LogP contribution < -0.4 is 4.90 Å². The first-order valence-electron chi connectivity index (χ1n) is 8.23. The Hall–Kier alpha value is -2.41. The molecule has 0 bridgehead atoms. The molecule has 2 fully saturated rings. The van der Waals surface area contributed by atoms with Crippen molar-refractivity contribution in [3.63, 3.8) is 0 Å². The molecule has 0 aliphatic carbocycles. The van der Waals surface area contributed by atoms with E-state index in [-0.39, 0.29) is 11.7 Å². The largest absolute Gasteiger partial charge is 0.369 e. The first-order chi connectivity index (χ1) is 11.7. The topological polar surface area (TPSA) is 55.5 Å². The number of anilines is 1. The molecule has 24 heavy (non-hydrogen) atoms. The number of piperazine rings is 1. The van der Waals surface area contributed by atoms with Crippen molar-refractivity contribution in [3.05, 3.63) is 48.3 Å². The number of rotatable bonds is 3. The van der Waals surface area contributed by atoms with E-state index in [4.69, 9.17) is 0 Å². The molecule has 0 saturated carbocycles. The summed E-state index contributed by atoms with van der Waals surface area (Å²) < 4.78 is 13.0. The smallest absolute Gasteiger partial charge is 0.272 e. The molecule has 4 rings (SSSR count). The van der Waals surface area contributed by atoms with Gasteiger partial charge in [0.15, 0.2) is 0 Å². The van der Waals surface area contributed by atoms with Gasteiger partial charge in [-0.2, -0.15) is 0 Å². The van der Waals surface area contributed by atoms with E-state index in [1.54, 1.807) is 6.20 Å². The minimum absolute atomic E-state index is 0.0219. The van der Waals surface area contributed by atoms with Crippen LogP contribution in [0.15, 0.2) is 36.8 Å². The van der Waals surface area contributed by atoms with Crippen LogP contribution in [-0.2, 0) is 0 Å². The number of H-pyrrole nitrogens is 1. The van der Waals surface area contributed by atoms with E-state index < -0.39 is 0 Å². The molecule has 2 aliphatic rings. The van der Waals surface area contributed by atoms with E-state index in [2.05, 4.69) is 19.8 Å². The Balaban J connectivity index is 1.27. The number of likely N-dealkylation sites (tertiary alicyclic amines) is 1. The third-order valence-electron chi connectivity index (χ3n) is 4.90. The van der Waals surface area contributed by atoms with E-state index in [1.165, 1.54) is 18.5 Å². The molecular weight excluding hydrogens is 309 g/mol. The quantitative estimate of drug-likeness (QED) is 0.919. The summed E-state index contributed by atoms with van der Waals surface area (Å²) in [5.74, 6) is -0.178. The predicted octanol–water partition coefficient (Wildman–Crippen LogP) is 1.20. The molecular formula is C17H20FN5O. The summed E-state index contributed by atoms with van der Waals surface area (Å²) in [5, 5.41) is 0. The third-order valence-corrected chi connectivity index (χ3v) is 4.90. The Morgan fingerprint density at radius 2 is 1.83 bits per heavy atom. The van der Waals surface area contributed by atoms with Crippen LogP contribution in [0.25, 0.3) is 0 Å². The highest BCUT2D eigenvalue weighted by atomic mass is 19.1. The Morgan fingerprint density at radius 1 is 1.12 bits per heavy atom. The minimum atomic E-state index is -0.200. The molecule has 0 atom stereocenters. The van der Waals surface area contributed by atoms with Gasteiger partial charge in [0.2, 0.25) is 0 Å². The first kappa shape index (κ1) is 15.1. The number of nitrogens with zero attached hydrogens (tertiary/aromatic N) is 4. The molecule has 1 aromatic carbocycles. The third kappa shape index (κ3) is 2.87. The molecule has 1 N–H and O–H groups in total. The minimum Gasteiger partial charge on any atom is -0.369 e. The Bertz CT molecular complexity index is 688. The Morgan fingerprint density at radius 3 is 2.46 bits per heavy atom. The zero-order valence-corrected chi connectivity index (χ0v) is 13.4. The number of aromatic nitrogens is 2. The van der Waals surface area contributed by atoms with Crippen molar-refractivity contribution in [1.29, 1.82) is 0 Å². The van der Waals surface area contributed by atoms with Gasteiger partial charge in [0.25, 0.3) is 5.91 Å². The summed E-state index contributed by atoms with van der Waals surface area (Å²) in [4.78, 5) is 25.5. The van der Waals surface area contributed by atoms with Crippen LogP contribution in [0.2, 0.25) is 0 Å². The monoisotopic (exact) mass is 329 g/mol. The van der Waals surface area contributed by atoms with Gasteiger partial charge >= 0.3 is 0 Å². The number of hydrogen-bond donors (Lipinski definition) is 1. The summed E-state index contributed by atoms with van der Waals surface area (Å²) in [6.45, 7) is 5.33. The van der Waals surface area contributed by atoms with E-state index in [9.17, 15) is 9.18 Å². The number of carbonyl (C=O) groups is 1. The lowest BCUT2D eigenvalue weighted by molar-refractivity contribution is 0.0242. The van der Waals surface area contributed by atoms with Crippen LogP contribution in [0, 0.1) is 5.82 Å². The molecule has 0 spiro atoms.